The van der Waals surface area contributed by atoms with Crippen LogP contribution in [-0.2, 0) is 11.2 Å². The van der Waals surface area contributed by atoms with Gasteiger partial charge in [-0.1, -0.05) is 19.1 Å². The minimum absolute atomic E-state index is 0.0306. The molecule has 1 aliphatic rings. The Hall–Kier alpha value is -2.77. The third-order valence-electron chi connectivity index (χ3n) is 4.13. The van der Waals surface area contributed by atoms with Crippen LogP contribution in [0.25, 0.3) is 0 Å². The normalized spacial score (nSPS) is 16.6. The van der Waals surface area contributed by atoms with Gasteiger partial charge in [0.15, 0.2) is 18.2 Å². The molecule has 0 radical (unpaired) electrons. The Morgan fingerprint density at radius 2 is 2.12 bits per heavy atom. The molecule has 138 valence electrons. The number of amides is 1. The van der Waals surface area contributed by atoms with Crippen LogP contribution in [0.1, 0.15) is 19.0 Å². The molecule has 0 aliphatic carbocycles. The fraction of sp³-hybridized carbons (Fsp3) is 0.389. The zero-order chi connectivity index (χ0) is 18.5. The molecule has 0 spiro atoms. The van der Waals surface area contributed by atoms with Gasteiger partial charge in [0, 0.05) is 13.0 Å². The van der Waals surface area contributed by atoms with Gasteiger partial charge in [0.1, 0.15) is 12.4 Å². The lowest BCUT2D eigenvalue weighted by molar-refractivity contribution is -0.132. The first-order valence-corrected chi connectivity index (χ1v) is 8.39. The fourth-order valence-corrected chi connectivity index (χ4v) is 2.72. The van der Waals surface area contributed by atoms with E-state index in [9.17, 15) is 13.6 Å². The first kappa shape index (κ1) is 18.0. The van der Waals surface area contributed by atoms with Gasteiger partial charge in [0.05, 0.1) is 12.2 Å². The second-order valence-corrected chi connectivity index (χ2v) is 5.88. The molecule has 1 amide bonds. The molecule has 1 aliphatic heterocycles. The minimum atomic E-state index is -0.567. The van der Waals surface area contributed by atoms with Crippen LogP contribution in [0.4, 0.5) is 8.78 Å². The topological polar surface area (TPSA) is 64.6 Å². The Labute approximate surface area is 149 Å². The molecule has 3 rings (SSSR count). The van der Waals surface area contributed by atoms with E-state index in [1.807, 2.05) is 0 Å². The monoisotopic (exact) mass is 363 g/mol. The van der Waals surface area contributed by atoms with Crippen LogP contribution >= 0.6 is 0 Å². The number of carbonyl (C=O) groups excluding carboxylic acids is 1. The van der Waals surface area contributed by atoms with E-state index in [1.54, 1.807) is 24.0 Å². The van der Waals surface area contributed by atoms with Crippen LogP contribution in [0.2, 0.25) is 0 Å². The van der Waals surface area contributed by atoms with Crippen molar-refractivity contribution in [1.29, 1.82) is 0 Å². The molecular weight excluding hydrogens is 344 g/mol. The Morgan fingerprint density at radius 3 is 2.88 bits per heavy atom. The quantitative estimate of drug-likeness (QED) is 0.788. The van der Waals surface area contributed by atoms with Crippen molar-refractivity contribution in [3.63, 3.8) is 0 Å². The number of carbonyl (C=O) groups is 1. The lowest BCUT2D eigenvalue weighted by Gasteiger charge is -2.17. The van der Waals surface area contributed by atoms with Gasteiger partial charge >= 0.3 is 0 Å². The minimum Gasteiger partial charge on any atom is -0.481 e. The van der Waals surface area contributed by atoms with Crippen molar-refractivity contribution in [2.24, 2.45) is 0 Å². The summed E-state index contributed by atoms with van der Waals surface area (Å²) in [4.78, 5) is 21.5. The fourth-order valence-electron chi connectivity index (χ4n) is 2.72. The summed E-state index contributed by atoms with van der Waals surface area (Å²) in [6, 6.07) is 5.90. The number of para-hydroxylation sites is 1. The second-order valence-electron chi connectivity index (χ2n) is 5.88. The van der Waals surface area contributed by atoms with E-state index in [2.05, 4.69) is 9.97 Å². The van der Waals surface area contributed by atoms with E-state index in [4.69, 9.17) is 9.47 Å². The summed E-state index contributed by atoms with van der Waals surface area (Å²) in [5.41, 5.74) is 0.291. The number of likely N-dealkylation sites (tertiary alicyclic amines) is 1. The van der Waals surface area contributed by atoms with Crippen molar-refractivity contribution in [3.8, 4) is 11.6 Å². The third-order valence-corrected chi connectivity index (χ3v) is 4.13. The molecule has 1 saturated heterocycles. The summed E-state index contributed by atoms with van der Waals surface area (Å²) in [5, 5.41) is 0. The SMILES string of the molecule is CCc1ncnc(O[C@@H]2CCN(C(=O)COc3ccccc3F)C2)c1F. The number of ether oxygens (including phenoxy) is 2. The standard InChI is InChI=1S/C18H19F2N3O3/c1-2-14-17(20)18(22-11-21-14)26-12-7-8-23(9-12)16(24)10-25-15-6-4-3-5-13(15)19/h3-6,11-12H,2,7-10H2,1H3/t12-/m1/s1. The number of aryl methyl sites for hydroxylation is 1. The van der Waals surface area contributed by atoms with Crippen molar-refractivity contribution in [2.45, 2.75) is 25.9 Å². The summed E-state index contributed by atoms with van der Waals surface area (Å²) in [5.74, 6) is -1.44. The smallest absolute Gasteiger partial charge is 0.260 e. The molecule has 1 aromatic heterocycles. The molecule has 26 heavy (non-hydrogen) atoms. The summed E-state index contributed by atoms with van der Waals surface area (Å²) < 4.78 is 38.5. The Morgan fingerprint density at radius 1 is 1.31 bits per heavy atom. The maximum absolute atomic E-state index is 14.1. The van der Waals surface area contributed by atoms with Crippen molar-refractivity contribution >= 4 is 5.91 Å². The maximum atomic E-state index is 14.1. The first-order valence-electron chi connectivity index (χ1n) is 8.39. The lowest BCUT2D eigenvalue weighted by atomic mass is 10.3. The van der Waals surface area contributed by atoms with Crippen LogP contribution in [0.3, 0.4) is 0 Å². The van der Waals surface area contributed by atoms with Crippen LogP contribution < -0.4 is 9.47 Å². The van der Waals surface area contributed by atoms with Gasteiger partial charge < -0.3 is 14.4 Å². The zero-order valence-electron chi connectivity index (χ0n) is 14.3. The number of hydrogen-bond donors (Lipinski definition) is 0. The van der Waals surface area contributed by atoms with E-state index < -0.39 is 11.6 Å². The molecule has 1 aromatic carbocycles. The number of nitrogens with zero attached hydrogens (tertiary/aromatic N) is 3. The Bertz CT molecular complexity index is 788. The van der Waals surface area contributed by atoms with Gasteiger partial charge in [0.2, 0.25) is 5.82 Å². The number of rotatable bonds is 6. The molecule has 0 saturated carbocycles. The number of benzene rings is 1. The third kappa shape index (κ3) is 4.07. The predicted molar refractivity (Wildman–Crippen MR) is 88.9 cm³/mol. The summed E-state index contributed by atoms with van der Waals surface area (Å²) in [7, 11) is 0. The first-order chi connectivity index (χ1) is 12.6. The molecule has 0 bridgehead atoms. The van der Waals surface area contributed by atoms with Crippen molar-refractivity contribution in [1.82, 2.24) is 14.9 Å². The Kier molecular flexibility index (Phi) is 5.60. The van der Waals surface area contributed by atoms with Gasteiger partial charge in [-0.2, -0.15) is 9.37 Å². The largest absolute Gasteiger partial charge is 0.481 e. The zero-order valence-corrected chi connectivity index (χ0v) is 14.3. The van der Waals surface area contributed by atoms with Crippen LogP contribution in [-0.4, -0.2) is 46.6 Å². The molecule has 1 fully saturated rings. The number of aromatic nitrogens is 2. The molecule has 0 N–H and O–H groups in total. The second kappa shape index (κ2) is 8.07. The average molecular weight is 363 g/mol. The van der Waals surface area contributed by atoms with Crippen molar-refractivity contribution in [2.75, 3.05) is 19.7 Å². The van der Waals surface area contributed by atoms with E-state index >= 15 is 0 Å². The molecular formula is C18H19F2N3O3. The van der Waals surface area contributed by atoms with Gasteiger partial charge in [-0.25, -0.2) is 9.37 Å². The molecule has 2 heterocycles. The molecule has 0 unspecified atom stereocenters. The highest BCUT2D eigenvalue weighted by molar-refractivity contribution is 5.78. The number of halogens is 2. The highest BCUT2D eigenvalue weighted by atomic mass is 19.1. The molecule has 6 nitrogen and oxygen atoms in total. The molecule has 2 aromatic rings. The predicted octanol–water partition coefficient (Wildman–Crippen LogP) is 2.38. The van der Waals surface area contributed by atoms with Crippen LogP contribution in [0, 0.1) is 11.6 Å². The van der Waals surface area contributed by atoms with Crippen molar-refractivity contribution in [3.05, 3.63) is 47.9 Å². The average Bonchev–Trinajstić information content (AvgIpc) is 3.11. The van der Waals surface area contributed by atoms with E-state index in [0.717, 1.165) is 0 Å². The summed E-state index contributed by atoms with van der Waals surface area (Å²) in [6.45, 7) is 2.28. The highest BCUT2D eigenvalue weighted by Crippen LogP contribution is 2.21. The van der Waals surface area contributed by atoms with Gasteiger partial charge in [-0.3, -0.25) is 4.79 Å². The molecule has 8 heteroatoms. The number of hydrogen-bond acceptors (Lipinski definition) is 5. The van der Waals surface area contributed by atoms with Gasteiger partial charge in [-0.05, 0) is 18.6 Å². The molecule has 1 atom stereocenters. The summed E-state index contributed by atoms with van der Waals surface area (Å²) >= 11 is 0. The van der Waals surface area contributed by atoms with Crippen molar-refractivity contribution < 1.29 is 23.0 Å². The Balaban J connectivity index is 1.53. The highest BCUT2D eigenvalue weighted by Gasteiger charge is 2.29. The van der Waals surface area contributed by atoms with Crippen LogP contribution in [0.15, 0.2) is 30.6 Å². The summed E-state index contributed by atoms with van der Waals surface area (Å²) in [6.07, 6.45) is 1.89. The van der Waals surface area contributed by atoms with Crippen LogP contribution in [0.5, 0.6) is 11.6 Å². The van der Waals surface area contributed by atoms with Gasteiger partial charge in [-0.15, -0.1) is 0 Å². The van der Waals surface area contributed by atoms with E-state index in [1.165, 1.54) is 18.5 Å². The van der Waals surface area contributed by atoms with E-state index in [-0.39, 0.29) is 30.2 Å². The van der Waals surface area contributed by atoms with Gasteiger partial charge in [0.25, 0.3) is 11.8 Å². The lowest BCUT2D eigenvalue weighted by Crippen LogP contribution is -2.34. The van der Waals surface area contributed by atoms with E-state index in [0.29, 0.717) is 31.6 Å². The maximum Gasteiger partial charge on any atom is 0.260 e.